The number of likely N-dealkylation sites (tertiary alicyclic amines) is 1. The second-order valence-corrected chi connectivity index (χ2v) is 5.17. The monoisotopic (exact) mass is 273 g/mol. The van der Waals surface area contributed by atoms with Gasteiger partial charge in [-0.25, -0.2) is 4.79 Å². The fourth-order valence-electron chi connectivity index (χ4n) is 2.81. The Labute approximate surface area is 115 Å². The maximum Gasteiger partial charge on any atom is 0.326 e. The Morgan fingerprint density at radius 1 is 1.40 bits per heavy atom. The molecule has 1 aromatic carbocycles. The Hall–Kier alpha value is -2.37. The van der Waals surface area contributed by atoms with E-state index >= 15 is 0 Å². The number of H-pyrrole nitrogens is 1. The molecular weight excluding hydrogens is 258 g/mol. The second kappa shape index (κ2) is 4.63. The van der Waals surface area contributed by atoms with Crippen molar-refractivity contribution in [3.05, 3.63) is 30.0 Å². The van der Waals surface area contributed by atoms with Crippen LogP contribution in [0.15, 0.2) is 24.3 Å². The van der Waals surface area contributed by atoms with Gasteiger partial charge in [-0.3, -0.25) is 9.89 Å². The van der Waals surface area contributed by atoms with Crippen LogP contribution in [0.2, 0.25) is 0 Å². The van der Waals surface area contributed by atoms with Gasteiger partial charge in [0.05, 0.1) is 5.52 Å². The predicted octanol–water partition coefficient (Wildman–Crippen LogP) is 1.50. The summed E-state index contributed by atoms with van der Waals surface area (Å²) in [5.74, 6) is -1.32. The molecule has 2 N–H and O–H groups in total. The normalized spacial score (nSPS) is 22.4. The van der Waals surface area contributed by atoms with Gasteiger partial charge in [0.25, 0.3) is 5.91 Å². The average molecular weight is 273 g/mol. The van der Waals surface area contributed by atoms with Crippen LogP contribution in [0.1, 0.15) is 23.8 Å². The van der Waals surface area contributed by atoms with Gasteiger partial charge in [-0.2, -0.15) is 5.10 Å². The summed E-state index contributed by atoms with van der Waals surface area (Å²) in [5.41, 5.74) is 1.07. The predicted molar refractivity (Wildman–Crippen MR) is 72.3 cm³/mol. The first kappa shape index (κ1) is 12.7. The first-order chi connectivity index (χ1) is 9.59. The van der Waals surface area contributed by atoms with Gasteiger partial charge < -0.3 is 10.0 Å². The van der Waals surface area contributed by atoms with Crippen LogP contribution in [0.5, 0.6) is 0 Å². The van der Waals surface area contributed by atoms with Gasteiger partial charge in [0.1, 0.15) is 6.04 Å². The number of hydrogen-bond acceptors (Lipinski definition) is 3. The van der Waals surface area contributed by atoms with Crippen molar-refractivity contribution in [3.63, 3.8) is 0 Å². The van der Waals surface area contributed by atoms with Crippen molar-refractivity contribution in [2.24, 2.45) is 5.92 Å². The Kier molecular flexibility index (Phi) is 2.93. The van der Waals surface area contributed by atoms with Crippen LogP contribution in [-0.2, 0) is 4.79 Å². The number of nitrogens with zero attached hydrogens (tertiary/aromatic N) is 2. The van der Waals surface area contributed by atoms with E-state index in [1.165, 1.54) is 4.90 Å². The third-order valence-corrected chi connectivity index (χ3v) is 3.89. The smallest absolute Gasteiger partial charge is 0.326 e. The van der Waals surface area contributed by atoms with Gasteiger partial charge in [-0.15, -0.1) is 0 Å². The summed E-state index contributed by atoms with van der Waals surface area (Å²) in [7, 11) is 0. The second-order valence-electron chi connectivity index (χ2n) is 5.17. The first-order valence-corrected chi connectivity index (χ1v) is 6.56. The molecule has 2 atom stereocenters. The maximum absolute atomic E-state index is 12.6. The van der Waals surface area contributed by atoms with Crippen molar-refractivity contribution in [2.75, 3.05) is 6.54 Å². The van der Waals surface area contributed by atoms with E-state index in [9.17, 15) is 14.7 Å². The molecule has 1 amide bonds. The Morgan fingerprint density at radius 3 is 2.90 bits per heavy atom. The molecule has 0 aliphatic carbocycles. The molecule has 0 saturated carbocycles. The molecule has 1 aliphatic rings. The molecule has 6 heteroatoms. The Bertz CT molecular complexity index is 679. The third kappa shape index (κ3) is 1.84. The highest BCUT2D eigenvalue weighted by Gasteiger charge is 2.40. The average Bonchev–Trinajstić information content (AvgIpc) is 3.01. The highest BCUT2D eigenvalue weighted by molar-refractivity contribution is 6.05. The Morgan fingerprint density at radius 2 is 2.15 bits per heavy atom. The maximum atomic E-state index is 12.6. The molecule has 3 rings (SSSR count). The largest absolute Gasteiger partial charge is 0.480 e. The number of para-hydroxylation sites is 1. The summed E-state index contributed by atoms with van der Waals surface area (Å²) in [6, 6.07) is 6.56. The molecule has 2 aromatic rings. The number of fused-ring (bicyclic) bond motifs is 1. The standard InChI is InChI=1S/C14H15N3O3/c1-8-6-7-17(12(8)14(19)20)13(18)11-9-4-2-3-5-10(9)15-16-11/h2-5,8,12H,6-7H2,1H3,(H,15,16)(H,19,20). The molecule has 20 heavy (non-hydrogen) atoms. The van der Waals surface area contributed by atoms with Gasteiger partial charge >= 0.3 is 5.97 Å². The summed E-state index contributed by atoms with van der Waals surface area (Å²) >= 11 is 0. The van der Waals surface area contributed by atoms with Gasteiger partial charge in [0.2, 0.25) is 0 Å². The summed E-state index contributed by atoms with van der Waals surface area (Å²) in [4.78, 5) is 25.3. The molecular formula is C14H15N3O3. The molecule has 104 valence electrons. The number of carbonyl (C=O) groups is 2. The van der Waals surface area contributed by atoms with Crippen LogP contribution >= 0.6 is 0 Å². The SMILES string of the molecule is CC1CCN(C(=O)c2n[nH]c3ccccc23)C1C(=O)O. The van der Waals surface area contributed by atoms with Gasteiger partial charge in [-0.1, -0.05) is 25.1 Å². The van der Waals surface area contributed by atoms with Gasteiger partial charge in [-0.05, 0) is 18.4 Å². The minimum absolute atomic E-state index is 0.0401. The van der Waals surface area contributed by atoms with Crippen LogP contribution in [0.4, 0.5) is 0 Å². The third-order valence-electron chi connectivity index (χ3n) is 3.89. The lowest BCUT2D eigenvalue weighted by atomic mass is 10.0. The zero-order valence-corrected chi connectivity index (χ0v) is 11.0. The molecule has 1 saturated heterocycles. The van der Waals surface area contributed by atoms with Gasteiger partial charge in [0, 0.05) is 11.9 Å². The number of benzene rings is 1. The zero-order valence-electron chi connectivity index (χ0n) is 11.0. The van der Waals surface area contributed by atoms with E-state index in [0.29, 0.717) is 18.7 Å². The fraction of sp³-hybridized carbons (Fsp3) is 0.357. The van der Waals surface area contributed by atoms with Crippen LogP contribution in [0.3, 0.4) is 0 Å². The lowest BCUT2D eigenvalue weighted by molar-refractivity contribution is -0.142. The van der Waals surface area contributed by atoms with Gasteiger partial charge in [0.15, 0.2) is 5.69 Å². The van der Waals surface area contributed by atoms with E-state index in [-0.39, 0.29) is 11.8 Å². The number of hydrogen-bond donors (Lipinski definition) is 2. The van der Waals surface area contributed by atoms with E-state index in [4.69, 9.17) is 0 Å². The summed E-state index contributed by atoms with van der Waals surface area (Å²) in [6.45, 7) is 2.31. The summed E-state index contributed by atoms with van der Waals surface area (Å²) in [5, 5.41) is 16.9. The molecule has 0 spiro atoms. The van der Waals surface area contributed by atoms with Crippen LogP contribution in [0.25, 0.3) is 10.9 Å². The van der Waals surface area contributed by atoms with Crippen LogP contribution in [0, 0.1) is 5.92 Å². The van der Waals surface area contributed by atoms with Crippen molar-refractivity contribution >= 4 is 22.8 Å². The Balaban J connectivity index is 1.98. The first-order valence-electron chi connectivity index (χ1n) is 6.56. The molecule has 6 nitrogen and oxygen atoms in total. The van der Waals surface area contributed by atoms with Crippen molar-refractivity contribution in [1.82, 2.24) is 15.1 Å². The highest BCUT2D eigenvalue weighted by Crippen LogP contribution is 2.27. The molecule has 2 heterocycles. The number of aromatic nitrogens is 2. The van der Waals surface area contributed by atoms with Crippen molar-refractivity contribution in [1.29, 1.82) is 0 Å². The molecule has 1 aliphatic heterocycles. The zero-order chi connectivity index (χ0) is 14.3. The minimum atomic E-state index is -0.955. The van der Waals surface area contributed by atoms with Crippen molar-refractivity contribution in [2.45, 2.75) is 19.4 Å². The molecule has 2 unspecified atom stereocenters. The van der Waals surface area contributed by atoms with E-state index in [0.717, 1.165) is 10.9 Å². The highest BCUT2D eigenvalue weighted by atomic mass is 16.4. The molecule has 1 aromatic heterocycles. The number of amides is 1. The lowest BCUT2D eigenvalue weighted by Crippen LogP contribution is -2.43. The number of aromatic amines is 1. The number of rotatable bonds is 2. The number of nitrogens with one attached hydrogen (secondary N) is 1. The number of carboxylic acids is 1. The quantitative estimate of drug-likeness (QED) is 0.868. The topological polar surface area (TPSA) is 86.3 Å². The molecule has 0 radical (unpaired) electrons. The van der Waals surface area contributed by atoms with Crippen molar-refractivity contribution < 1.29 is 14.7 Å². The fourth-order valence-corrected chi connectivity index (χ4v) is 2.81. The van der Waals surface area contributed by atoms with E-state index in [1.54, 1.807) is 6.07 Å². The van der Waals surface area contributed by atoms with E-state index < -0.39 is 12.0 Å². The molecule has 0 bridgehead atoms. The van der Waals surface area contributed by atoms with E-state index in [2.05, 4.69) is 10.2 Å². The molecule has 1 fully saturated rings. The summed E-state index contributed by atoms with van der Waals surface area (Å²) < 4.78 is 0. The number of carbonyl (C=O) groups excluding carboxylic acids is 1. The van der Waals surface area contributed by atoms with Crippen LogP contribution in [-0.4, -0.2) is 44.7 Å². The lowest BCUT2D eigenvalue weighted by Gasteiger charge is -2.22. The number of aliphatic carboxylic acids is 1. The van der Waals surface area contributed by atoms with Crippen LogP contribution < -0.4 is 0 Å². The van der Waals surface area contributed by atoms with E-state index in [1.807, 2.05) is 25.1 Å². The number of carboxylic acid groups (broad SMARTS) is 1. The summed E-state index contributed by atoms with van der Waals surface area (Å²) in [6.07, 6.45) is 0.699. The van der Waals surface area contributed by atoms with Crippen molar-refractivity contribution in [3.8, 4) is 0 Å². The minimum Gasteiger partial charge on any atom is -0.480 e.